The highest BCUT2D eigenvalue weighted by Gasteiger charge is 2.28. The number of aromatic nitrogens is 6. The van der Waals surface area contributed by atoms with Crippen LogP contribution in [0.3, 0.4) is 0 Å². The molecule has 0 bridgehead atoms. The molecular weight excluding hydrogens is 434 g/mol. The summed E-state index contributed by atoms with van der Waals surface area (Å²) in [7, 11) is 0. The molecule has 1 saturated heterocycles. The van der Waals surface area contributed by atoms with E-state index in [1.54, 1.807) is 0 Å². The quantitative estimate of drug-likeness (QED) is 0.361. The van der Waals surface area contributed by atoms with Crippen LogP contribution in [0.15, 0.2) is 30.6 Å². The highest BCUT2D eigenvalue weighted by atomic mass is 16.5. The second-order valence-electron chi connectivity index (χ2n) is 8.78. The van der Waals surface area contributed by atoms with Gasteiger partial charge >= 0.3 is 0 Å². The summed E-state index contributed by atoms with van der Waals surface area (Å²) >= 11 is 0. The minimum absolute atomic E-state index is 0.198. The Hall–Kier alpha value is -3.84. The van der Waals surface area contributed by atoms with Crippen LogP contribution >= 0.6 is 0 Å². The van der Waals surface area contributed by atoms with Gasteiger partial charge in [0.25, 0.3) is 6.47 Å². The van der Waals surface area contributed by atoms with Crippen molar-refractivity contribution >= 4 is 34.1 Å². The highest BCUT2D eigenvalue weighted by molar-refractivity contribution is 6.03. The van der Waals surface area contributed by atoms with E-state index in [1.807, 2.05) is 29.1 Å². The van der Waals surface area contributed by atoms with E-state index in [2.05, 4.69) is 37.8 Å². The lowest BCUT2D eigenvalue weighted by atomic mass is 10.0. The van der Waals surface area contributed by atoms with Crippen molar-refractivity contribution in [2.45, 2.75) is 57.2 Å². The zero-order valence-electron chi connectivity index (χ0n) is 18.8. The lowest BCUT2D eigenvalue weighted by molar-refractivity contribution is -0.122. The molecule has 6 rings (SSSR count). The van der Waals surface area contributed by atoms with Gasteiger partial charge in [-0.1, -0.05) is 11.3 Å². The first-order valence-corrected chi connectivity index (χ1v) is 11.4. The van der Waals surface area contributed by atoms with Crippen LogP contribution in [-0.2, 0) is 16.1 Å². The Kier molecular flexibility index (Phi) is 5.94. The second kappa shape index (κ2) is 9.19. The molecule has 4 aromatic rings. The molecular formula is C24H25N7O3. The monoisotopic (exact) mass is 459 g/mol. The van der Waals surface area contributed by atoms with Gasteiger partial charge in [0, 0.05) is 30.1 Å². The van der Waals surface area contributed by atoms with E-state index in [0.29, 0.717) is 18.2 Å². The third kappa shape index (κ3) is 4.22. The van der Waals surface area contributed by atoms with Crippen LogP contribution < -0.4 is 0 Å². The molecule has 0 spiro atoms. The number of fused-ring (bicyclic) bond motifs is 3. The Balaban J connectivity index is 0.000000764. The molecule has 10 heteroatoms. The van der Waals surface area contributed by atoms with Crippen molar-refractivity contribution in [1.82, 2.24) is 29.5 Å². The summed E-state index contributed by atoms with van der Waals surface area (Å²) in [5.41, 5.74) is 4.47. The number of carbonyl (C=O) groups is 1. The molecule has 1 aliphatic carbocycles. The molecule has 1 aliphatic heterocycles. The van der Waals surface area contributed by atoms with Gasteiger partial charge in [0.2, 0.25) is 0 Å². The molecule has 1 aromatic carbocycles. The number of carboxylic acid groups (broad SMARTS) is 1. The summed E-state index contributed by atoms with van der Waals surface area (Å²) in [6.45, 7) is 10.6. The molecule has 2 aliphatic rings. The van der Waals surface area contributed by atoms with E-state index in [4.69, 9.17) is 26.2 Å². The van der Waals surface area contributed by atoms with Gasteiger partial charge in [0.15, 0.2) is 5.69 Å². The maximum Gasteiger partial charge on any atom is 0.290 e. The second-order valence-corrected chi connectivity index (χ2v) is 8.78. The average molecular weight is 460 g/mol. The standard InChI is InChI=1S/C23H23N7O.CH2O2/c1-14-9-17(7-8-31-14)30-22(13-29-12-21(27-28-29)15-3-4-15)26-20-11-25-19-6-5-16(24-2)10-18(19)23(20)30;2-1-3/h5-6,10-12,14-15,17H,3-4,7-9,13H2,1H3;1H,(H,2,3)/t14-,17-;/m1./s1. The Morgan fingerprint density at radius 2 is 2.12 bits per heavy atom. The number of imidazole rings is 1. The molecule has 3 aromatic heterocycles. The van der Waals surface area contributed by atoms with Gasteiger partial charge in [0.1, 0.15) is 17.9 Å². The first-order valence-electron chi connectivity index (χ1n) is 11.4. The fraction of sp³-hybridized carbons (Fsp3) is 0.417. The van der Waals surface area contributed by atoms with Crippen LogP contribution in [0.2, 0.25) is 0 Å². The van der Waals surface area contributed by atoms with Crippen molar-refractivity contribution < 1.29 is 14.6 Å². The van der Waals surface area contributed by atoms with E-state index in [0.717, 1.165) is 52.9 Å². The van der Waals surface area contributed by atoms with Gasteiger partial charge in [-0.3, -0.25) is 9.78 Å². The molecule has 0 unspecified atom stereocenters. The van der Waals surface area contributed by atoms with Crippen molar-refractivity contribution in [3.63, 3.8) is 0 Å². The molecule has 2 atom stereocenters. The first-order chi connectivity index (χ1) is 16.6. The van der Waals surface area contributed by atoms with Crippen LogP contribution in [0.1, 0.15) is 56.1 Å². The normalized spacial score (nSPS) is 20.0. The largest absolute Gasteiger partial charge is 0.483 e. The van der Waals surface area contributed by atoms with Crippen LogP contribution in [0.25, 0.3) is 26.8 Å². The SMILES string of the molecule is O=CO.[C-]#[N+]c1ccc2ncc3nc(Cn4cc(C5CC5)nn4)n([C@@H]4CCO[C@H](C)C4)c3c2c1. The molecule has 0 amide bonds. The van der Waals surface area contributed by atoms with Gasteiger partial charge in [-0.25, -0.2) is 14.5 Å². The van der Waals surface area contributed by atoms with Crippen molar-refractivity contribution in [2.75, 3.05) is 6.61 Å². The molecule has 1 saturated carbocycles. The highest BCUT2D eigenvalue weighted by Crippen LogP contribution is 2.39. The number of benzene rings is 1. The minimum Gasteiger partial charge on any atom is -0.483 e. The smallest absolute Gasteiger partial charge is 0.290 e. The number of nitrogens with zero attached hydrogens (tertiary/aromatic N) is 7. The molecule has 1 N–H and O–H groups in total. The van der Waals surface area contributed by atoms with E-state index in [9.17, 15) is 0 Å². The van der Waals surface area contributed by atoms with Crippen molar-refractivity contribution in [3.05, 3.63) is 53.5 Å². The zero-order chi connectivity index (χ0) is 23.7. The number of hydrogen-bond acceptors (Lipinski definition) is 6. The first kappa shape index (κ1) is 22.0. The number of rotatable bonds is 4. The predicted octanol–water partition coefficient (Wildman–Crippen LogP) is 4.09. The van der Waals surface area contributed by atoms with Gasteiger partial charge in [-0.2, -0.15) is 0 Å². The molecule has 34 heavy (non-hydrogen) atoms. The molecule has 174 valence electrons. The lowest BCUT2D eigenvalue weighted by Crippen LogP contribution is -2.27. The molecule has 0 radical (unpaired) electrons. The van der Waals surface area contributed by atoms with Gasteiger partial charge in [-0.05, 0) is 44.7 Å². The van der Waals surface area contributed by atoms with E-state index in [-0.39, 0.29) is 18.6 Å². The molecule has 10 nitrogen and oxygen atoms in total. The Bertz CT molecular complexity index is 1380. The van der Waals surface area contributed by atoms with E-state index in [1.165, 1.54) is 12.8 Å². The summed E-state index contributed by atoms with van der Waals surface area (Å²) < 4.78 is 10.1. The number of hydrogen-bond donors (Lipinski definition) is 1. The zero-order valence-corrected chi connectivity index (χ0v) is 18.8. The third-order valence-corrected chi connectivity index (χ3v) is 6.38. The fourth-order valence-corrected chi connectivity index (χ4v) is 4.70. The summed E-state index contributed by atoms with van der Waals surface area (Å²) in [6.07, 6.45) is 8.37. The molecule has 4 heterocycles. The fourth-order valence-electron chi connectivity index (χ4n) is 4.70. The van der Waals surface area contributed by atoms with Gasteiger partial charge in [0.05, 0.1) is 35.6 Å². The minimum atomic E-state index is -0.250. The Morgan fingerprint density at radius 1 is 1.29 bits per heavy atom. The van der Waals surface area contributed by atoms with Crippen LogP contribution in [0, 0.1) is 6.57 Å². The summed E-state index contributed by atoms with van der Waals surface area (Å²) in [6, 6.07) is 5.95. The van der Waals surface area contributed by atoms with E-state index < -0.39 is 0 Å². The van der Waals surface area contributed by atoms with Crippen molar-refractivity contribution in [2.24, 2.45) is 0 Å². The Morgan fingerprint density at radius 3 is 2.85 bits per heavy atom. The van der Waals surface area contributed by atoms with Crippen molar-refractivity contribution in [1.29, 1.82) is 0 Å². The van der Waals surface area contributed by atoms with Crippen LogP contribution in [0.5, 0.6) is 0 Å². The number of pyridine rings is 1. The summed E-state index contributed by atoms with van der Waals surface area (Å²) in [5.74, 6) is 1.52. The predicted molar refractivity (Wildman–Crippen MR) is 125 cm³/mol. The van der Waals surface area contributed by atoms with Crippen molar-refractivity contribution in [3.8, 4) is 0 Å². The maximum absolute atomic E-state index is 8.36. The lowest BCUT2D eigenvalue weighted by Gasteiger charge is -2.30. The summed E-state index contributed by atoms with van der Waals surface area (Å²) in [4.78, 5) is 21.6. The number of ether oxygens (including phenoxy) is 1. The third-order valence-electron chi connectivity index (χ3n) is 6.38. The average Bonchev–Trinajstić information content (AvgIpc) is 3.47. The maximum atomic E-state index is 8.36. The van der Waals surface area contributed by atoms with E-state index >= 15 is 0 Å². The summed E-state index contributed by atoms with van der Waals surface area (Å²) in [5, 5.41) is 16.6. The molecule has 2 fully saturated rings. The van der Waals surface area contributed by atoms with Gasteiger partial charge < -0.3 is 14.4 Å². The van der Waals surface area contributed by atoms with Crippen LogP contribution in [0.4, 0.5) is 5.69 Å². The van der Waals surface area contributed by atoms with Gasteiger partial charge in [-0.15, -0.1) is 5.10 Å². The Labute approximate surface area is 196 Å². The topological polar surface area (TPSA) is 112 Å². The van der Waals surface area contributed by atoms with Crippen LogP contribution in [-0.4, -0.2) is 53.8 Å².